The van der Waals surface area contributed by atoms with Crippen molar-refractivity contribution in [2.75, 3.05) is 11.5 Å². The molecule has 2 aromatic rings. The zero-order valence-corrected chi connectivity index (χ0v) is 13.3. The molecule has 118 valence electrons. The van der Waals surface area contributed by atoms with E-state index < -0.39 is 5.97 Å². The Morgan fingerprint density at radius 2 is 1.96 bits per heavy atom. The topological polar surface area (TPSA) is 66.8 Å². The van der Waals surface area contributed by atoms with Crippen LogP contribution in [0.15, 0.2) is 36.4 Å². The molecule has 0 atom stereocenters. The quantitative estimate of drug-likeness (QED) is 0.916. The average molecular weight is 352 g/mol. The fraction of sp³-hybridized carbons (Fsp3) is 0.125. The van der Waals surface area contributed by atoms with Crippen molar-refractivity contribution < 1.29 is 19.4 Å². The van der Waals surface area contributed by atoms with Crippen LogP contribution in [0.2, 0.25) is 10.0 Å². The van der Waals surface area contributed by atoms with Crippen LogP contribution in [0.5, 0.6) is 5.75 Å². The number of halogens is 2. The lowest BCUT2D eigenvalue weighted by atomic mass is 10.1. The summed E-state index contributed by atoms with van der Waals surface area (Å²) in [5.74, 6) is -0.860. The van der Waals surface area contributed by atoms with E-state index in [2.05, 4.69) is 0 Å². The van der Waals surface area contributed by atoms with E-state index in [1.807, 2.05) is 0 Å². The van der Waals surface area contributed by atoms with Gasteiger partial charge >= 0.3 is 5.97 Å². The molecule has 1 amide bonds. The van der Waals surface area contributed by atoms with Crippen LogP contribution in [0, 0.1) is 0 Å². The average Bonchev–Trinajstić information content (AvgIpc) is 2.53. The van der Waals surface area contributed by atoms with Crippen molar-refractivity contribution in [3.05, 3.63) is 57.6 Å². The Labute approximate surface area is 142 Å². The summed E-state index contributed by atoms with van der Waals surface area (Å²) in [6, 6.07) is 9.50. The highest BCUT2D eigenvalue weighted by Crippen LogP contribution is 2.34. The molecule has 2 aromatic carbocycles. The fourth-order valence-corrected chi connectivity index (χ4v) is 2.65. The molecule has 0 radical (unpaired) electrons. The van der Waals surface area contributed by atoms with Gasteiger partial charge in [-0.05, 0) is 35.9 Å². The molecule has 3 rings (SSSR count). The Bertz CT molecular complexity index is 807. The van der Waals surface area contributed by atoms with Gasteiger partial charge in [0.05, 0.1) is 27.8 Å². The highest BCUT2D eigenvalue weighted by atomic mass is 35.5. The summed E-state index contributed by atoms with van der Waals surface area (Å²) < 4.78 is 5.35. The van der Waals surface area contributed by atoms with Gasteiger partial charge in [0.1, 0.15) is 5.75 Å². The first-order valence-corrected chi connectivity index (χ1v) is 7.46. The summed E-state index contributed by atoms with van der Waals surface area (Å²) in [5.41, 5.74) is 1.29. The highest BCUT2D eigenvalue weighted by Gasteiger charge is 2.26. The molecule has 1 aliphatic rings. The summed E-state index contributed by atoms with van der Waals surface area (Å²) in [7, 11) is 0. The first-order chi connectivity index (χ1) is 11.0. The third-order valence-corrected chi connectivity index (χ3v) is 4.21. The molecule has 0 aromatic heterocycles. The third kappa shape index (κ3) is 3.11. The number of anilines is 1. The van der Waals surface area contributed by atoms with Crippen molar-refractivity contribution in [2.45, 2.75) is 6.54 Å². The van der Waals surface area contributed by atoms with Gasteiger partial charge in [-0.1, -0.05) is 29.3 Å². The van der Waals surface area contributed by atoms with Gasteiger partial charge in [0.25, 0.3) is 5.91 Å². The van der Waals surface area contributed by atoms with E-state index in [0.717, 1.165) is 5.56 Å². The Hall–Kier alpha value is -2.24. The van der Waals surface area contributed by atoms with Crippen molar-refractivity contribution >= 4 is 40.8 Å². The molecular formula is C16H11Cl2NO4. The molecule has 0 unspecified atom stereocenters. The zero-order valence-electron chi connectivity index (χ0n) is 11.8. The minimum absolute atomic E-state index is 0.0844. The number of carboxylic acids is 1. The SMILES string of the molecule is O=C(O)c1ccc2c(c1)N(Cc1ccc(Cl)c(Cl)c1)C(=O)CO2. The Kier molecular flexibility index (Phi) is 4.15. The Balaban J connectivity index is 1.98. The maximum absolute atomic E-state index is 12.2. The van der Waals surface area contributed by atoms with Gasteiger partial charge in [0.15, 0.2) is 6.61 Å². The normalized spacial score (nSPS) is 13.5. The van der Waals surface area contributed by atoms with E-state index in [9.17, 15) is 9.59 Å². The predicted octanol–water partition coefficient (Wildman–Crippen LogP) is 3.62. The molecule has 1 heterocycles. The summed E-state index contributed by atoms with van der Waals surface area (Å²) in [6.07, 6.45) is 0. The zero-order chi connectivity index (χ0) is 16.6. The van der Waals surface area contributed by atoms with Gasteiger partial charge in [-0.25, -0.2) is 4.79 Å². The number of hydrogen-bond donors (Lipinski definition) is 1. The van der Waals surface area contributed by atoms with Crippen molar-refractivity contribution in [3.63, 3.8) is 0 Å². The molecule has 0 bridgehead atoms. The van der Waals surface area contributed by atoms with E-state index in [-0.39, 0.29) is 24.6 Å². The lowest BCUT2D eigenvalue weighted by Gasteiger charge is -2.29. The van der Waals surface area contributed by atoms with E-state index in [1.165, 1.54) is 17.0 Å². The standard InChI is InChI=1S/C16H11Cl2NO4/c17-11-3-1-9(5-12(11)18)7-19-13-6-10(16(21)22)2-4-14(13)23-8-15(19)20/h1-6H,7-8H2,(H,21,22). The molecular weight excluding hydrogens is 341 g/mol. The van der Waals surface area contributed by atoms with E-state index in [1.54, 1.807) is 24.3 Å². The summed E-state index contributed by atoms with van der Waals surface area (Å²) in [5, 5.41) is 9.94. The molecule has 0 fully saturated rings. The number of ether oxygens (including phenoxy) is 1. The highest BCUT2D eigenvalue weighted by molar-refractivity contribution is 6.42. The molecule has 7 heteroatoms. The second-order valence-corrected chi connectivity index (χ2v) is 5.82. The van der Waals surface area contributed by atoms with Crippen molar-refractivity contribution in [1.29, 1.82) is 0 Å². The lowest BCUT2D eigenvalue weighted by Crippen LogP contribution is -2.38. The van der Waals surface area contributed by atoms with E-state index in [4.69, 9.17) is 33.0 Å². The monoisotopic (exact) mass is 351 g/mol. The Morgan fingerprint density at radius 1 is 1.17 bits per heavy atom. The van der Waals surface area contributed by atoms with Crippen molar-refractivity contribution in [3.8, 4) is 5.75 Å². The molecule has 0 spiro atoms. The fourth-order valence-electron chi connectivity index (χ4n) is 2.33. The maximum atomic E-state index is 12.2. The van der Waals surface area contributed by atoms with Crippen LogP contribution in [-0.2, 0) is 11.3 Å². The van der Waals surface area contributed by atoms with E-state index >= 15 is 0 Å². The first-order valence-electron chi connectivity index (χ1n) is 6.70. The van der Waals surface area contributed by atoms with Crippen LogP contribution in [0.3, 0.4) is 0 Å². The van der Waals surface area contributed by atoms with Crippen LogP contribution in [0.4, 0.5) is 5.69 Å². The minimum atomic E-state index is -1.07. The summed E-state index contributed by atoms with van der Waals surface area (Å²) in [6.45, 7) is 0.149. The minimum Gasteiger partial charge on any atom is -0.482 e. The van der Waals surface area contributed by atoms with Crippen LogP contribution in [0.1, 0.15) is 15.9 Å². The number of carbonyl (C=O) groups is 2. The van der Waals surface area contributed by atoms with Crippen LogP contribution in [0.25, 0.3) is 0 Å². The lowest BCUT2D eigenvalue weighted by molar-refractivity contribution is -0.121. The predicted molar refractivity (Wildman–Crippen MR) is 86.5 cm³/mol. The Morgan fingerprint density at radius 3 is 2.65 bits per heavy atom. The van der Waals surface area contributed by atoms with Crippen molar-refractivity contribution in [1.82, 2.24) is 0 Å². The van der Waals surface area contributed by atoms with Gasteiger partial charge in [-0.15, -0.1) is 0 Å². The number of carboxylic acid groups (broad SMARTS) is 1. The second kappa shape index (κ2) is 6.10. The van der Waals surface area contributed by atoms with Gasteiger partial charge in [-0.2, -0.15) is 0 Å². The first kappa shape index (κ1) is 15.6. The molecule has 0 aliphatic carbocycles. The second-order valence-electron chi connectivity index (χ2n) is 5.00. The van der Waals surface area contributed by atoms with Crippen LogP contribution >= 0.6 is 23.2 Å². The number of hydrogen-bond acceptors (Lipinski definition) is 3. The number of benzene rings is 2. The van der Waals surface area contributed by atoms with Gasteiger partial charge in [0.2, 0.25) is 0 Å². The van der Waals surface area contributed by atoms with Crippen LogP contribution in [-0.4, -0.2) is 23.6 Å². The number of fused-ring (bicyclic) bond motifs is 1. The number of aromatic carboxylic acids is 1. The third-order valence-electron chi connectivity index (χ3n) is 3.47. The summed E-state index contributed by atoms with van der Waals surface area (Å²) in [4.78, 5) is 24.8. The molecule has 1 N–H and O–H groups in total. The molecule has 5 nitrogen and oxygen atoms in total. The van der Waals surface area contributed by atoms with E-state index in [0.29, 0.717) is 21.5 Å². The van der Waals surface area contributed by atoms with Gasteiger partial charge < -0.3 is 14.7 Å². The van der Waals surface area contributed by atoms with Crippen molar-refractivity contribution in [2.24, 2.45) is 0 Å². The number of rotatable bonds is 3. The molecule has 0 saturated heterocycles. The number of nitrogens with zero attached hydrogens (tertiary/aromatic N) is 1. The maximum Gasteiger partial charge on any atom is 0.335 e. The molecule has 0 saturated carbocycles. The molecule has 1 aliphatic heterocycles. The van der Waals surface area contributed by atoms with Gasteiger partial charge in [-0.3, -0.25) is 4.79 Å². The number of carbonyl (C=O) groups excluding carboxylic acids is 1. The number of amides is 1. The largest absolute Gasteiger partial charge is 0.482 e. The molecule has 23 heavy (non-hydrogen) atoms. The smallest absolute Gasteiger partial charge is 0.335 e. The summed E-state index contributed by atoms with van der Waals surface area (Å²) >= 11 is 11.9. The van der Waals surface area contributed by atoms with Crippen LogP contribution < -0.4 is 9.64 Å². The van der Waals surface area contributed by atoms with Gasteiger partial charge in [0, 0.05) is 0 Å².